The summed E-state index contributed by atoms with van der Waals surface area (Å²) < 4.78 is 0. The Hall–Kier alpha value is -1.86. The molecule has 0 radical (unpaired) electrons. The van der Waals surface area contributed by atoms with Crippen LogP contribution in [-0.4, -0.2) is 29.1 Å². The van der Waals surface area contributed by atoms with Crippen molar-refractivity contribution in [3.05, 3.63) is 29.6 Å². The second-order valence-corrected chi connectivity index (χ2v) is 4.89. The van der Waals surface area contributed by atoms with Gasteiger partial charge in [-0.1, -0.05) is 18.8 Å². The molecule has 1 aromatic heterocycles. The minimum atomic E-state index is -0.131. The summed E-state index contributed by atoms with van der Waals surface area (Å²) in [5.74, 6) is 6.92. The molecule has 2 rings (SSSR count). The molecule has 0 saturated heterocycles. The SMILES string of the molecule is CC1CC1CNC(=O)c1ccc(C#CCCO)cn1. The van der Waals surface area contributed by atoms with Crippen molar-refractivity contribution in [2.75, 3.05) is 13.2 Å². The molecule has 2 atom stereocenters. The van der Waals surface area contributed by atoms with Crippen LogP contribution in [0.4, 0.5) is 0 Å². The van der Waals surface area contributed by atoms with E-state index in [2.05, 4.69) is 29.1 Å². The van der Waals surface area contributed by atoms with Crippen LogP contribution in [0.15, 0.2) is 18.3 Å². The Balaban J connectivity index is 1.87. The summed E-state index contributed by atoms with van der Waals surface area (Å²) in [7, 11) is 0. The smallest absolute Gasteiger partial charge is 0.269 e. The van der Waals surface area contributed by atoms with E-state index in [9.17, 15) is 4.79 Å². The van der Waals surface area contributed by atoms with Crippen LogP contribution in [0.3, 0.4) is 0 Å². The van der Waals surface area contributed by atoms with E-state index in [-0.39, 0.29) is 12.5 Å². The van der Waals surface area contributed by atoms with Crippen LogP contribution in [0, 0.1) is 23.7 Å². The lowest BCUT2D eigenvalue weighted by Gasteiger charge is -2.03. The number of pyridine rings is 1. The van der Waals surface area contributed by atoms with E-state index in [1.54, 1.807) is 18.3 Å². The maximum absolute atomic E-state index is 11.8. The average Bonchev–Trinajstić information content (AvgIpc) is 3.13. The van der Waals surface area contributed by atoms with Gasteiger partial charge in [0.2, 0.25) is 0 Å². The van der Waals surface area contributed by atoms with Crippen molar-refractivity contribution in [1.29, 1.82) is 0 Å². The highest BCUT2D eigenvalue weighted by atomic mass is 16.2. The maximum Gasteiger partial charge on any atom is 0.269 e. The second kappa shape index (κ2) is 6.35. The van der Waals surface area contributed by atoms with E-state index in [1.807, 2.05) is 0 Å². The van der Waals surface area contributed by atoms with Gasteiger partial charge in [-0.2, -0.15) is 0 Å². The predicted octanol–water partition coefficient (Wildman–Crippen LogP) is 1.20. The Kier molecular flexibility index (Phi) is 4.53. The van der Waals surface area contributed by atoms with Gasteiger partial charge in [0.15, 0.2) is 0 Å². The fourth-order valence-electron chi connectivity index (χ4n) is 1.82. The molecule has 2 N–H and O–H groups in total. The van der Waals surface area contributed by atoms with E-state index in [0.717, 1.165) is 18.0 Å². The number of rotatable bonds is 4. The topological polar surface area (TPSA) is 62.2 Å². The van der Waals surface area contributed by atoms with Gasteiger partial charge in [0, 0.05) is 24.7 Å². The molecule has 1 aliphatic carbocycles. The largest absolute Gasteiger partial charge is 0.395 e. The molecule has 1 aromatic rings. The molecule has 2 unspecified atom stereocenters. The number of hydrogen-bond acceptors (Lipinski definition) is 3. The van der Waals surface area contributed by atoms with Gasteiger partial charge in [-0.25, -0.2) is 4.98 Å². The third-order valence-corrected chi connectivity index (χ3v) is 3.27. The minimum absolute atomic E-state index is 0.0561. The van der Waals surface area contributed by atoms with Gasteiger partial charge in [-0.3, -0.25) is 4.79 Å². The lowest BCUT2D eigenvalue weighted by molar-refractivity contribution is 0.0946. The summed E-state index contributed by atoms with van der Waals surface area (Å²) in [6.07, 6.45) is 3.23. The van der Waals surface area contributed by atoms with E-state index in [0.29, 0.717) is 18.0 Å². The van der Waals surface area contributed by atoms with Crippen LogP contribution in [0.25, 0.3) is 0 Å². The van der Waals surface area contributed by atoms with Crippen LogP contribution in [0.5, 0.6) is 0 Å². The number of nitrogens with zero attached hydrogens (tertiary/aromatic N) is 1. The first-order valence-corrected chi connectivity index (χ1v) is 6.54. The van der Waals surface area contributed by atoms with Crippen LogP contribution in [-0.2, 0) is 0 Å². The Labute approximate surface area is 113 Å². The number of nitrogens with one attached hydrogen (secondary N) is 1. The maximum atomic E-state index is 11.8. The Morgan fingerprint density at radius 3 is 2.95 bits per heavy atom. The Bertz CT molecular complexity index is 499. The first-order valence-electron chi connectivity index (χ1n) is 6.54. The van der Waals surface area contributed by atoms with Gasteiger partial charge in [0.05, 0.1) is 6.61 Å². The van der Waals surface area contributed by atoms with Crippen molar-refractivity contribution in [2.24, 2.45) is 11.8 Å². The normalized spacial score (nSPS) is 20.3. The Morgan fingerprint density at radius 2 is 2.37 bits per heavy atom. The van der Waals surface area contributed by atoms with Crippen molar-refractivity contribution in [3.8, 4) is 11.8 Å². The van der Waals surface area contributed by atoms with Crippen molar-refractivity contribution in [2.45, 2.75) is 19.8 Å². The number of aliphatic hydroxyl groups excluding tert-OH is 1. The summed E-state index contributed by atoms with van der Waals surface area (Å²) >= 11 is 0. The highest BCUT2D eigenvalue weighted by Gasteiger charge is 2.32. The number of hydrogen-bond donors (Lipinski definition) is 2. The van der Waals surface area contributed by atoms with Gasteiger partial charge in [0.1, 0.15) is 5.69 Å². The summed E-state index contributed by atoms with van der Waals surface area (Å²) in [5, 5.41) is 11.5. The zero-order valence-corrected chi connectivity index (χ0v) is 11.0. The van der Waals surface area contributed by atoms with Gasteiger partial charge >= 0.3 is 0 Å². The lowest BCUT2D eigenvalue weighted by atomic mass is 10.2. The monoisotopic (exact) mass is 258 g/mol. The van der Waals surface area contributed by atoms with Gasteiger partial charge in [-0.15, -0.1) is 0 Å². The number of aromatic nitrogens is 1. The minimum Gasteiger partial charge on any atom is -0.395 e. The van der Waals surface area contributed by atoms with Crippen LogP contribution in [0.1, 0.15) is 35.8 Å². The molecule has 0 aromatic carbocycles. The third-order valence-electron chi connectivity index (χ3n) is 3.27. The molecule has 1 fully saturated rings. The summed E-state index contributed by atoms with van der Waals surface area (Å²) in [6, 6.07) is 3.45. The molecule has 0 bridgehead atoms. The van der Waals surface area contributed by atoms with Crippen molar-refractivity contribution < 1.29 is 9.90 Å². The van der Waals surface area contributed by atoms with E-state index in [4.69, 9.17) is 5.11 Å². The van der Waals surface area contributed by atoms with Gasteiger partial charge in [0.25, 0.3) is 5.91 Å². The zero-order chi connectivity index (χ0) is 13.7. The Morgan fingerprint density at radius 1 is 1.58 bits per heavy atom. The summed E-state index contributed by atoms with van der Waals surface area (Å²) in [6.45, 7) is 2.98. The van der Waals surface area contributed by atoms with Crippen LogP contribution in [0.2, 0.25) is 0 Å². The number of aliphatic hydroxyl groups is 1. The van der Waals surface area contributed by atoms with Crippen LogP contribution < -0.4 is 5.32 Å². The molecule has 0 spiro atoms. The molecular weight excluding hydrogens is 240 g/mol. The summed E-state index contributed by atoms with van der Waals surface area (Å²) in [5.41, 5.74) is 1.17. The van der Waals surface area contributed by atoms with Crippen molar-refractivity contribution >= 4 is 5.91 Å². The van der Waals surface area contributed by atoms with E-state index >= 15 is 0 Å². The molecule has 1 aliphatic rings. The van der Waals surface area contributed by atoms with Crippen molar-refractivity contribution in [3.63, 3.8) is 0 Å². The molecule has 1 heterocycles. The predicted molar refractivity (Wildman–Crippen MR) is 72.4 cm³/mol. The first-order chi connectivity index (χ1) is 9.20. The lowest BCUT2D eigenvalue weighted by Crippen LogP contribution is -2.26. The van der Waals surface area contributed by atoms with Crippen molar-refractivity contribution in [1.82, 2.24) is 10.3 Å². The number of carbonyl (C=O) groups is 1. The average molecular weight is 258 g/mol. The zero-order valence-electron chi connectivity index (χ0n) is 11.0. The second-order valence-electron chi connectivity index (χ2n) is 4.89. The highest BCUT2D eigenvalue weighted by Crippen LogP contribution is 2.36. The fraction of sp³-hybridized carbons (Fsp3) is 0.467. The number of amides is 1. The summed E-state index contributed by atoms with van der Waals surface area (Å²) in [4.78, 5) is 15.9. The molecule has 100 valence electrons. The molecule has 1 amide bonds. The van der Waals surface area contributed by atoms with Gasteiger partial charge in [-0.05, 0) is 30.4 Å². The molecule has 19 heavy (non-hydrogen) atoms. The standard InChI is InChI=1S/C15H18N2O2/c1-11-8-13(11)10-17-15(19)14-6-5-12(9-16-14)4-2-3-7-18/h5-6,9,11,13,18H,3,7-8,10H2,1H3,(H,17,19). The van der Waals surface area contributed by atoms with Gasteiger partial charge < -0.3 is 10.4 Å². The molecule has 0 aliphatic heterocycles. The number of carbonyl (C=O) groups excluding carboxylic acids is 1. The van der Waals surface area contributed by atoms with E-state index in [1.165, 1.54) is 6.42 Å². The van der Waals surface area contributed by atoms with Crippen LogP contribution >= 0.6 is 0 Å². The highest BCUT2D eigenvalue weighted by molar-refractivity contribution is 5.92. The molecule has 4 heteroatoms. The third kappa shape index (κ3) is 4.08. The molecule has 1 saturated carbocycles. The quantitative estimate of drug-likeness (QED) is 0.798. The molecule has 4 nitrogen and oxygen atoms in total. The fourth-order valence-corrected chi connectivity index (χ4v) is 1.82. The molecular formula is C15H18N2O2. The van der Waals surface area contributed by atoms with E-state index < -0.39 is 0 Å². The first kappa shape index (κ1) is 13.6.